The molecule has 0 atom stereocenters. The van der Waals surface area contributed by atoms with Crippen LogP contribution in [-0.4, -0.2) is 28.4 Å². The number of rotatable bonds is 6. The summed E-state index contributed by atoms with van der Waals surface area (Å²) >= 11 is 0. The highest BCUT2D eigenvalue weighted by molar-refractivity contribution is 6.04. The van der Waals surface area contributed by atoms with Crippen molar-refractivity contribution >= 4 is 23.4 Å². The fourth-order valence-electron chi connectivity index (χ4n) is 2.92. The lowest BCUT2D eigenvalue weighted by molar-refractivity contribution is 0.102. The molecule has 2 aromatic carbocycles. The molecule has 7 heteroatoms. The SMILES string of the molecule is Cc1cc(C)n(-c2ccc(C(=O)Nc3cccc(NC(=O)OCC(C)C)c3)cc2)n1. The summed E-state index contributed by atoms with van der Waals surface area (Å²) in [4.78, 5) is 24.4. The molecule has 0 aliphatic carbocycles. The van der Waals surface area contributed by atoms with Crippen molar-refractivity contribution in [2.45, 2.75) is 27.7 Å². The average Bonchev–Trinajstić information content (AvgIpc) is 3.05. The van der Waals surface area contributed by atoms with Crippen molar-refractivity contribution in [3.63, 3.8) is 0 Å². The Morgan fingerprint density at radius 2 is 1.67 bits per heavy atom. The van der Waals surface area contributed by atoms with E-state index in [2.05, 4.69) is 15.7 Å². The molecular formula is C23H26N4O3. The van der Waals surface area contributed by atoms with Crippen LogP contribution in [-0.2, 0) is 4.74 Å². The average molecular weight is 406 g/mol. The van der Waals surface area contributed by atoms with Gasteiger partial charge in [0.25, 0.3) is 5.91 Å². The number of hydrogen-bond acceptors (Lipinski definition) is 4. The molecule has 0 bridgehead atoms. The number of benzene rings is 2. The molecule has 30 heavy (non-hydrogen) atoms. The highest BCUT2D eigenvalue weighted by Gasteiger charge is 2.10. The van der Waals surface area contributed by atoms with Crippen LogP contribution < -0.4 is 10.6 Å². The van der Waals surface area contributed by atoms with Crippen molar-refractivity contribution in [1.82, 2.24) is 9.78 Å². The van der Waals surface area contributed by atoms with Crippen molar-refractivity contribution in [3.8, 4) is 5.69 Å². The highest BCUT2D eigenvalue weighted by Crippen LogP contribution is 2.18. The maximum atomic E-state index is 12.6. The summed E-state index contributed by atoms with van der Waals surface area (Å²) in [5.41, 5.74) is 4.50. The summed E-state index contributed by atoms with van der Waals surface area (Å²) in [7, 11) is 0. The molecule has 0 aliphatic heterocycles. The molecule has 2 N–H and O–H groups in total. The topological polar surface area (TPSA) is 85.2 Å². The van der Waals surface area contributed by atoms with Gasteiger partial charge >= 0.3 is 6.09 Å². The number of hydrogen-bond donors (Lipinski definition) is 2. The molecule has 3 aromatic rings. The Hall–Kier alpha value is -3.61. The van der Waals surface area contributed by atoms with E-state index in [9.17, 15) is 9.59 Å². The third-order valence-electron chi connectivity index (χ3n) is 4.30. The lowest BCUT2D eigenvalue weighted by atomic mass is 10.2. The van der Waals surface area contributed by atoms with Gasteiger partial charge in [-0.25, -0.2) is 9.48 Å². The zero-order chi connectivity index (χ0) is 21.7. The fourth-order valence-corrected chi connectivity index (χ4v) is 2.92. The predicted molar refractivity (Wildman–Crippen MR) is 117 cm³/mol. The third kappa shape index (κ3) is 5.47. The van der Waals surface area contributed by atoms with Crippen LogP contribution in [0.25, 0.3) is 5.69 Å². The van der Waals surface area contributed by atoms with E-state index < -0.39 is 6.09 Å². The second-order valence-corrected chi connectivity index (χ2v) is 7.54. The van der Waals surface area contributed by atoms with Crippen LogP contribution in [0.4, 0.5) is 16.2 Å². The molecule has 0 radical (unpaired) electrons. The zero-order valence-electron chi connectivity index (χ0n) is 17.6. The first-order valence-electron chi connectivity index (χ1n) is 9.80. The minimum Gasteiger partial charge on any atom is -0.449 e. The summed E-state index contributed by atoms with van der Waals surface area (Å²) in [6.45, 7) is 8.20. The summed E-state index contributed by atoms with van der Waals surface area (Å²) in [6, 6.07) is 16.1. The first kappa shape index (κ1) is 21.1. The molecule has 0 saturated heterocycles. The van der Waals surface area contributed by atoms with E-state index in [4.69, 9.17) is 4.74 Å². The number of aromatic nitrogens is 2. The van der Waals surface area contributed by atoms with Gasteiger partial charge in [-0.2, -0.15) is 5.10 Å². The second-order valence-electron chi connectivity index (χ2n) is 7.54. The van der Waals surface area contributed by atoms with E-state index >= 15 is 0 Å². The minimum atomic E-state index is -0.521. The quantitative estimate of drug-likeness (QED) is 0.607. The van der Waals surface area contributed by atoms with Gasteiger partial charge in [-0.15, -0.1) is 0 Å². The molecule has 3 rings (SSSR count). The molecule has 0 saturated carbocycles. The Bertz CT molecular complexity index is 1040. The molecular weight excluding hydrogens is 380 g/mol. The predicted octanol–water partition coefficient (Wildman–Crippen LogP) is 4.95. The Kier molecular flexibility index (Phi) is 6.51. The van der Waals surface area contributed by atoms with Gasteiger partial charge < -0.3 is 10.1 Å². The fraction of sp³-hybridized carbons (Fsp3) is 0.261. The first-order chi connectivity index (χ1) is 14.3. The summed E-state index contributed by atoms with van der Waals surface area (Å²) in [5.74, 6) is 0.0171. The Labute approximate surface area is 176 Å². The number of ether oxygens (including phenoxy) is 1. The van der Waals surface area contributed by atoms with E-state index in [1.165, 1.54) is 0 Å². The molecule has 2 amide bonds. The smallest absolute Gasteiger partial charge is 0.411 e. The molecule has 0 aliphatic rings. The molecule has 0 fully saturated rings. The van der Waals surface area contributed by atoms with Crippen LogP contribution in [0.1, 0.15) is 35.6 Å². The van der Waals surface area contributed by atoms with Crippen molar-refractivity contribution < 1.29 is 14.3 Å². The largest absolute Gasteiger partial charge is 0.449 e. The first-order valence-corrected chi connectivity index (χ1v) is 9.80. The van der Waals surface area contributed by atoms with Crippen LogP contribution in [0.2, 0.25) is 0 Å². The number of carbonyl (C=O) groups excluding carboxylic acids is 2. The molecule has 7 nitrogen and oxygen atoms in total. The summed E-state index contributed by atoms with van der Waals surface area (Å²) < 4.78 is 6.95. The second kappa shape index (κ2) is 9.26. The van der Waals surface area contributed by atoms with Gasteiger partial charge in [0.05, 0.1) is 18.0 Å². The van der Waals surface area contributed by atoms with Gasteiger partial charge in [0.1, 0.15) is 0 Å². The molecule has 0 spiro atoms. The van der Waals surface area contributed by atoms with Gasteiger partial charge in [0, 0.05) is 22.6 Å². The van der Waals surface area contributed by atoms with Crippen molar-refractivity contribution in [3.05, 3.63) is 71.5 Å². The van der Waals surface area contributed by atoms with E-state index in [-0.39, 0.29) is 11.8 Å². The maximum Gasteiger partial charge on any atom is 0.411 e. The Balaban J connectivity index is 1.64. The van der Waals surface area contributed by atoms with Crippen LogP contribution in [0.5, 0.6) is 0 Å². The van der Waals surface area contributed by atoms with Gasteiger partial charge in [-0.05, 0) is 68.3 Å². The lowest BCUT2D eigenvalue weighted by Gasteiger charge is -2.11. The number of anilines is 2. The van der Waals surface area contributed by atoms with Crippen molar-refractivity contribution in [2.24, 2.45) is 5.92 Å². The van der Waals surface area contributed by atoms with Crippen LogP contribution in [0.15, 0.2) is 54.6 Å². The third-order valence-corrected chi connectivity index (χ3v) is 4.30. The zero-order valence-corrected chi connectivity index (χ0v) is 17.6. The number of amides is 2. The molecule has 156 valence electrons. The van der Waals surface area contributed by atoms with Gasteiger partial charge in [-0.1, -0.05) is 19.9 Å². The summed E-state index contributed by atoms with van der Waals surface area (Å²) in [5, 5.41) is 9.95. The van der Waals surface area contributed by atoms with E-state index in [0.717, 1.165) is 17.1 Å². The normalized spacial score (nSPS) is 10.7. The van der Waals surface area contributed by atoms with Crippen molar-refractivity contribution in [2.75, 3.05) is 17.2 Å². The Morgan fingerprint density at radius 3 is 2.27 bits per heavy atom. The highest BCUT2D eigenvalue weighted by atomic mass is 16.5. The number of nitrogens with one attached hydrogen (secondary N) is 2. The molecule has 1 aromatic heterocycles. The molecule has 0 unspecified atom stereocenters. The van der Waals surface area contributed by atoms with Crippen LogP contribution >= 0.6 is 0 Å². The van der Waals surface area contributed by atoms with Crippen LogP contribution in [0, 0.1) is 19.8 Å². The van der Waals surface area contributed by atoms with Gasteiger partial charge in [-0.3, -0.25) is 10.1 Å². The standard InChI is InChI=1S/C23H26N4O3/c1-15(2)14-30-23(29)25-20-7-5-6-19(13-20)24-22(28)18-8-10-21(11-9-18)27-17(4)12-16(3)26-27/h5-13,15H,14H2,1-4H3,(H,24,28)(H,25,29). The van der Waals surface area contributed by atoms with Gasteiger partial charge in [0.15, 0.2) is 0 Å². The minimum absolute atomic E-state index is 0.241. The Morgan fingerprint density at radius 1 is 1.00 bits per heavy atom. The number of carbonyl (C=O) groups is 2. The lowest BCUT2D eigenvalue weighted by Crippen LogP contribution is -2.17. The monoisotopic (exact) mass is 406 g/mol. The van der Waals surface area contributed by atoms with Crippen LogP contribution in [0.3, 0.4) is 0 Å². The van der Waals surface area contributed by atoms with E-state index in [1.807, 2.05) is 50.6 Å². The number of nitrogens with zero attached hydrogens (tertiary/aromatic N) is 2. The maximum absolute atomic E-state index is 12.6. The van der Waals surface area contributed by atoms with Gasteiger partial charge in [0.2, 0.25) is 0 Å². The number of aryl methyl sites for hydroxylation is 2. The van der Waals surface area contributed by atoms with E-state index in [0.29, 0.717) is 23.5 Å². The molecule has 1 heterocycles. The van der Waals surface area contributed by atoms with E-state index in [1.54, 1.807) is 36.4 Å². The van der Waals surface area contributed by atoms with Crippen molar-refractivity contribution in [1.29, 1.82) is 0 Å². The summed E-state index contributed by atoms with van der Waals surface area (Å²) in [6.07, 6.45) is -0.521.